The predicted molar refractivity (Wildman–Crippen MR) is 59.9 cm³/mol. The largest absolute Gasteiger partial charge is 0.401 e. The predicted octanol–water partition coefficient (Wildman–Crippen LogP) is 2.70. The fourth-order valence-corrected chi connectivity index (χ4v) is 1.57. The Labute approximate surface area is 102 Å². The maximum absolute atomic E-state index is 12.1. The fraction of sp³-hybridized carbons (Fsp3) is 0.455. The van der Waals surface area contributed by atoms with Crippen molar-refractivity contribution in [2.75, 3.05) is 13.2 Å². The molecular weight excluding hydrogens is 255 g/mol. The Morgan fingerprint density at radius 3 is 2.47 bits per heavy atom. The van der Waals surface area contributed by atoms with Gasteiger partial charge in [0, 0.05) is 5.02 Å². The van der Waals surface area contributed by atoms with Crippen molar-refractivity contribution in [3.8, 4) is 0 Å². The molecule has 17 heavy (non-hydrogen) atoms. The van der Waals surface area contributed by atoms with E-state index < -0.39 is 24.9 Å². The summed E-state index contributed by atoms with van der Waals surface area (Å²) in [6, 6.07) is 6.39. The van der Waals surface area contributed by atoms with E-state index in [1.165, 1.54) is 13.0 Å². The highest BCUT2D eigenvalue weighted by molar-refractivity contribution is 6.30. The first kappa shape index (κ1) is 14.3. The molecule has 0 aliphatic rings. The molecule has 0 bridgehead atoms. The number of nitrogens with one attached hydrogen (secondary N) is 1. The Kier molecular flexibility index (Phi) is 4.41. The number of aliphatic hydroxyl groups is 1. The van der Waals surface area contributed by atoms with Gasteiger partial charge in [-0.3, -0.25) is 5.32 Å². The average molecular weight is 268 g/mol. The normalized spacial score (nSPS) is 15.6. The van der Waals surface area contributed by atoms with Crippen molar-refractivity contribution >= 4 is 11.6 Å². The SMILES string of the molecule is CC(CO)(NCC(F)(F)F)c1cccc(Cl)c1. The van der Waals surface area contributed by atoms with Crippen molar-refractivity contribution in [1.82, 2.24) is 5.32 Å². The summed E-state index contributed by atoms with van der Waals surface area (Å²) in [6.07, 6.45) is -4.32. The third-order valence-corrected chi connectivity index (χ3v) is 2.69. The lowest BCUT2D eigenvalue weighted by atomic mass is 9.93. The molecule has 0 saturated heterocycles. The molecule has 0 aliphatic carbocycles. The van der Waals surface area contributed by atoms with Crippen molar-refractivity contribution < 1.29 is 18.3 Å². The van der Waals surface area contributed by atoms with E-state index in [0.717, 1.165) is 0 Å². The second-order valence-electron chi connectivity index (χ2n) is 3.97. The molecule has 0 fully saturated rings. The van der Waals surface area contributed by atoms with Crippen molar-refractivity contribution in [2.45, 2.75) is 18.6 Å². The zero-order valence-electron chi connectivity index (χ0n) is 9.18. The number of rotatable bonds is 4. The highest BCUT2D eigenvalue weighted by atomic mass is 35.5. The number of benzene rings is 1. The summed E-state index contributed by atoms with van der Waals surface area (Å²) in [4.78, 5) is 0. The summed E-state index contributed by atoms with van der Waals surface area (Å²) in [5.74, 6) is 0. The highest BCUT2D eigenvalue weighted by Gasteiger charge is 2.33. The molecule has 2 nitrogen and oxygen atoms in total. The van der Waals surface area contributed by atoms with E-state index in [4.69, 9.17) is 11.6 Å². The van der Waals surface area contributed by atoms with Crippen LogP contribution in [0, 0.1) is 0 Å². The first-order valence-electron chi connectivity index (χ1n) is 4.95. The summed E-state index contributed by atoms with van der Waals surface area (Å²) in [6.45, 7) is -0.135. The molecule has 1 unspecified atom stereocenters. The van der Waals surface area contributed by atoms with Crippen LogP contribution in [0.5, 0.6) is 0 Å². The summed E-state index contributed by atoms with van der Waals surface area (Å²) in [5, 5.41) is 12.0. The summed E-state index contributed by atoms with van der Waals surface area (Å²) >= 11 is 5.77. The molecular formula is C11H13ClF3NO. The van der Waals surface area contributed by atoms with Gasteiger partial charge in [-0.1, -0.05) is 23.7 Å². The van der Waals surface area contributed by atoms with Crippen molar-refractivity contribution in [3.63, 3.8) is 0 Å². The van der Waals surface area contributed by atoms with Gasteiger partial charge < -0.3 is 5.11 Å². The molecule has 1 aromatic carbocycles. The minimum atomic E-state index is -4.32. The number of alkyl halides is 3. The molecule has 1 rings (SSSR count). The van der Waals surface area contributed by atoms with Crippen LogP contribution in [-0.2, 0) is 5.54 Å². The molecule has 0 spiro atoms. The van der Waals surface area contributed by atoms with E-state index in [-0.39, 0.29) is 0 Å². The van der Waals surface area contributed by atoms with Crippen LogP contribution < -0.4 is 5.32 Å². The van der Waals surface area contributed by atoms with Crippen molar-refractivity contribution in [1.29, 1.82) is 0 Å². The van der Waals surface area contributed by atoms with E-state index in [2.05, 4.69) is 5.32 Å². The zero-order valence-corrected chi connectivity index (χ0v) is 9.94. The third kappa shape index (κ3) is 4.18. The second-order valence-corrected chi connectivity index (χ2v) is 4.41. The van der Waals surface area contributed by atoms with Gasteiger partial charge in [-0.05, 0) is 24.6 Å². The Bertz CT molecular complexity index is 383. The van der Waals surface area contributed by atoms with E-state index in [9.17, 15) is 18.3 Å². The molecule has 2 N–H and O–H groups in total. The standard InChI is InChI=1S/C11H13ClF3NO/c1-10(7-17,16-6-11(13,14)15)8-3-2-4-9(12)5-8/h2-5,16-17H,6-7H2,1H3. The number of halogens is 4. The quantitative estimate of drug-likeness (QED) is 0.879. The second kappa shape index (κ2) is 5.25. The molecule has 0 heterocycles. The molecule has 6 heteroatoms. The number of hydrogen-bond donors (Lipinski definition) is 2. The number of hydrogen-bond acceptors (Lipinski definition) is 2. The van der Waals surface area contributed by atoms with Crippen molar-refractivity contribution in [3.05, 3.63) is 34.9 Å². The fourth-order valence-electron chi connectivity index (χ4n) is 1.38. The van der Waals surface area contributed by atoms with Crippen LogP contribution in [0.1, 0.15) is 12.5 Å². The van der Waals surface area contributed by atoms with Gasteiger partial charge >= 0.3 is 6.18 Å². The van der Waals surface area contributed by atoms with Gasteiger partial charge in [0.15, 0.2) is 0 Å². The summed E-state index contributed by atoms with van der Waals surface area (Å²) in [5.41, 5.74) is -0.655. The topological polar surface area (TPSA) is 32.3 Å². The monoisotopic (exact) mass is 267 g/mol. The first-order chi connectivity index (χ1) is 7.77. The van der Waals surface area contributed by atoms with Gasteiger partial charge in [-0.2, -0.15) is 13.2 Å². The molecule has 0 amide bonds. The van der Waals surface area contributed by atoms with Crippen LogP contribution in [0.15, 0.2) is 24.3 Å². The van der Waals surface area contributed by atoms with Crippen molar-refractivity contribution in [2.24, 2.45) is 0 Å². The summed E-state index contributed by atoms with van der Waals surface area (Å²) in [7, 11) is 0. The Balaban J connectivity index is 2.88. The zero-order chi connectivity index (χ0) is 13.1. The lowest BCUT2D eigenvalue weighted by Crippen LogP contribution is -2.47. The van der Waals surface area contributed by atoms with Crippen LogP contribution >= 0.6 is 11.6 Å². The van der Waals surface area contributed by atoms with Gasteiger partial charge in [0.25, 0.3) is 0 Å². The number of aliphatic hydroxyl groups excluding tert-OH is 1. The lowest BCUT2D eigenvalue weighted by Gasteiger charge is -2.30. The Hall–Kier alpha value is -0.780. The first-order valence-corrected chi connectivity index (χ1v) is 5.33. The molecule has 96 valence electrons. The van der Waals surface area contributed by atoms with Gasteiger partial charge in [0.2, 0.25) is 0 Å². The van der Waals surface area contributed by atoms with E-state index in [0.29, 0.717) is 10.6 Å². The minimum absolute atomic E-state index is 0.413. The van der Waals surface area contributed by atoms with E-state index in [1.807, 2.05) is 0 Å². The van der Waals surface area contributed by atoms with Gasteiger partial charge in [0.05, 0.1) is 18.7 Å². The molecule has 0 saturated carbocycles. The minimum Gasteiger partial charge on any atom is -0.394 e. The molecule has 1 atom stereocenters. The lowest BCUT2D eigenvalue weighted by molar-refractivity contribution is -0.129. The maximum atomic E-state index is 12.1. The van der Waals surface area contributed by atoms with E-state index in [1.54, 1.807) is 18.2 Å². The smallest absolute Gasteiger partial charge is 0.394 e. The van der Waals surface area contributed by atoms with Gasteiger partial charge in [-0.25, -0.2) is 0 Å². The van der Waals surface area contributed by atoms with Crippen LogP contribution in [0.3, 0.4) is 0 Å². The van der Waals surface area contributed by atoms with Gasteiger partial charge in [0.1, 0.15) is 0 Å². The average Bonchev–Trinajstić information content (AvgIpc) is 2.25. The van der Waals surface area contributed by atoms with Crippen LogP contribution in [0.4, 0.5) is 13.2 Å². The maximum Gasteiger partial charge on any atom is 0.401 e. The molecule has 0 aliphatic heterocycles. The Morgan fingerprint density at radius 1 is 1.35 bits per heavy atom. The molecule has 1 aromatic rings. The Morgan fingerprint density at radius 2 is 2.00 bits per heavy atom. The van der Waals surface area contributed by atoms with Crippen LogP contribution in [-0.4, -0.2) is 24.4 Å². The van der Waals surface area contributed by atoms with Gasteiger partial charge in [-0.15, -0.1) is 0 Å². The molecule has 0 radical (unpaired) electrons. The van der Waals surface area contributed by atoms with Crippen LogP contribution in [0.25, 0.3) is 0 Å². The van der Waals surface area contributed by atoms with Crippen LogP contribution in [0.2, 0.25) is 5.02 Å². The highest BCUT2D eigenvalue weighted by Crippen LogP contribution is 2.24. The third-order valence-electron chi connectivity index (χ3n) is 2.46. The van der Waals surface area contributed by atoms with E-state index >= 15 is 0 Å². The molecule has 0 aromatic heterocycles. The summed E-state index contributed by atoms with van der Waals surface area (Å²) < 4.78 is 36.4.